The van der Waals surface area contributed by atoms with E-state index in [1.807, 2.05) is 0 Å². The third-order valence-corrected chi connectivity index (χ3v) is 5.19. The van der Waals surface area contributed by atoms with E-state index in [0.717, 1.165) is 38.4 Å². The highest BCUT2D eigenvalue weighted by Crippen LogP contribution is 2.35. The van der Waals surface area contributed by atoms with Crippen molar-refractivity contribution < 1.29 is 14.7 Å². The largest absolute Gasteiger partial charge is 0.508 e. The molecule has 1 spiro atoms. The van der Waals surface area contributed by atoms with Gasteiger partial charge in [-0.05, 0) is 37.1 Å². The zero-order chi connectivity index (χ0) is 19.3. The van der Waals surface area contributed by atoms with E-state index in [2.05, 4.69) is 25.8 Å². The number of rotatable bonds is 4. The van der Waals surface area contributed by atoms with E-state index in [1.54, 1.807) is 19.2 Å². The van der Waals surface area contributed by atoms with E-state index in [-0.39, 0.29) is 23.0 Å². The molecule has 1 aromatic carbocycles. The van der Waals surface area contributed by atoms with Gasteiger partial charge in [-0.3, -0.25) is 14.6 Å². The molecule has 2 fully saturated rings. The standard InChI is InChI=1S/C19H27N5O3/c1-20-18(24-10-2-7-19(13-24)11-16(26)23-12-19)22-9-8-21-17(27)14-3-5-15(25)6-4-14/h3-6,25H,2,7-13H2,1H3,(H,20,22)(H,21,27)(H,23,26). The Kier molecular flexibility index (Phi) is 5.83. The highest BCUT2D eigenvalue weighted by Gasteiger charge is 2.42. The highest BCUT2D eigenvalue weighted by atomic mass is 16.3. The number of carbonyl (C=O) groups excluding carboxylic acids is 2. The molecule has 3 rings (SSSR count). The maximum absolute atomic E-state index is 12.1. The lowest BCUT2D eigenvalue weighted by atomic mass is 9.79. The van der Waals surface area contributed by atoms with Gasteiger partial charge in [-0.15, -0.1) is 0 Å². The van der Waals surface area contributed by atoms with Crippen molar-refractivity contribution in [3.05, 3.63) is 29.8 Å². The molecule has 1 atom stereocenters. The molecule has 0 aliphatic carbocycles. The van der Waals surface area contributed by atoms with E-state index in [4.69, 9.17) is 0 Å². The molecule has 0 radical (unpaired) electrons. The third-order valence-electron chi connectivity index (χ3n) is 5.19. The van der Waals surface area contributed by atoms with Gasteiger partial charge in [-0.25, -0.2) is 0 Å². The van der Waals surface area contributed by atoms with Crippen LogP contribution < -0.4 is 16.0 Å². The molecule has 2 aliphatic heterocycles. The summed E-state index contributed by atoms with van der Waals surface area (Å²) in [5.74, 6) is 0.888. The number of piperidine rings is 1. The van der Waals surface area contributed by atoms with Crippen molar-refractivity contribution in [2.75, 3.05) is 39.8 Å². The summed E-state index contributed by atoms with van der Waals surface area (Å²) in [6.07, 6.45) is 2.68. The smallest absolute Gasteiger partial charge is 0.251 e. The Morgan fingerprint density at radius 1 is 1.30 bits per heavy atom. The first-order chi connectivity index (χ1) is 13.0. The van der Waals surface area contributed by atoms with Gasteiger partial charge in [0.05, 0.1) is 0 Å². The Morgan fingerprint density at radius 2 is 2.04 bits per heavy atom. The molecule has 1 unspecified atom stereocenters. The first-order valence-electron chi connectivity index (χ1n) is 9.31. The van der Waals surface area contributed by atoms with Gasteiger partial charge < -0.3 is 26.0 Å². The van der Waals surface area contributed by atoms with Crippen LogP contribution in [0.4, 0.5) is 0 Å². The zero-order valence-electron chi connectivity index (χ0n) is 15.6. The minimum Gasteiger partial charge on any atom is -0.508 e. The second kappa shape index (κ2) is 8.28. The quantitative estimate of drug-likeness (QED) is 0.345. The van der Waals surface area contributed by atoms with Crippen LogP contribution in [0.3, 0.4) is 0 Å². The number of aromatic hydroxyl groups is 1. The van der Waals surface area contributed by atoms with Crippen molar-refractivity contribution in [1.82, 2.24) is 20.9 Å². The summed E-state index contributed by atoms with van der Waals surface area (Å²) in [5, 5.41) is 18.4. The maximum atomic E-state index is 12.1. The molecule has 1 aromatic rings. The SMILES string of the molecule is CN=C(NCCNC(=O)c1ccc(O)cc1)N1CCCC2(CNC(=O)C2)C1. The normalized spacial score (nSPS) is 22.6. The van der Waals surface area contributed by atoms with E-state index in [1.165, 1.54) is 12.1 Å². The molecule has 2 heterocycles. The van der Waals surface area contributed by atoms with Gasteiger partial charge in [-0.2, -0.15) is 0 Å². The second-order valence-electron chi connectivity index (χ2n) is 7.26. The van der Waals surface area contributed by atoms with E-state index < -0.39 is 0 Å². The summed E-state index contributed by atoms with van der Waals surface area (Å²) in [6, 6.07) is 6.15. The Balaban J connectivity index is 1.46. The average molecular weight is 373 g/mol. The summed E-state index contributed by atoms with van der Waals surface area (Å²) in [5.41, 5.74) is 0.522. The minimum atomic E-state index is -0.181. The van der Waals surface area contributed by atoms with Crippen molar-refractivity contribution >= 4 is 17.8 Å². The summed E-state index contributed by atoms with van der Waals surface area (Å²) in [6.45, 7) is 3.47. The molecule has 4 N–H and O–H groups in total. The minimum absolute atomic E-state index is 0.0139. The average Bonchev–Trinajstić information content (AvgIpc) is 3.01. The summed E-state index contributed by atoms with van der Waals surface area (Å²) >= 11 is 0. The monoisotopic (exact) mass is 373 g/mol. The number of nitrogens with one attached hydrogen (secondary N) is 3. The van der Waals surface area contributed by atoms with Crippen LogP contribution in [0.2, 0.25) is 0 Å². The summed E-state index contributed by atoms with van der Waals surface area (Å²) in [7, 11) is 1.75. The molecule has 8 heteroatoms. The molecule has 27 heavy (non-hydrogen) atoms. The van der Waals surface area contributed by atoms with Crippen LogP contribution in [0.5, 0.6) is 5.75 Å². The fourth-order valence-corrected chi connectivity index (χ4v) is 3.83. The molecule has 146 valence electrons. The van der Waals surface area contributed by atoms with Crippen molar-refractivity contribution in [3.8, 4) is 5.75 Å². The van der Waals surface area contributed by atoms with Gasteiger partial charge in [-0.1, -0.05) is 0 Å². The molecule has 0 bridgehead atoms. The van der Waals surface area contributed by atoms with Gasteiger partial charge >= 0.3 is 0 Å². The predicted octanol–water partition coefficient (Wildman–Crippen LogP) is 0.299. The number of aliphatic imine (C=N–C) groups is 1. The topological polar surface area (TPSA) is 106 Å². The van der Waals surface area contributed by atoms with E-state index in [0.29, 0.717) is 25.1 Å². The van der Waals surface area contributed by atoms with Gasteiger partial charge in [0.25, 0.3) is 5.91 Å². The fraction of sp³-hybridized carbons (Fsp3) is 0.526. The lowest BCUT2D eigenvalue weighted by Gasteiger charge is -2.40. The maximum Gasteiger partial charge on any atom is 0.251 e. The van der Waals surface area contributed by atoms with Crippen molar-refractivity contribution in [2.24, 2.45) is 10.4 Å². The zero-order valence-corrected chi connectivity index (χ0v) is 15.6. The van der Waals surface area contributed by atoms with Crippen LogP contribution in [0.1, 0.15) is 29.6 Å². The van der Waals surface area contributed by atoms with Crippen molar-refractivity contribution in [1.29, 1.82) is 0 Å². The number of carbonyl (C=O) groups is 2. The number of likely N-dealkylation sites (tertiary alicyclic amines) is 1. The van der Waals surface area contributed by atoms with Gasteiger partial charge in [0, 0.05) is 57.2 Å². The first-order valence-corrected chi connectivity index (χ1v) is 9.31. The number of nitrogens with zero attached hydrogens (tertiary/aromatic N) is 2. The molecular weight excluding hydrogens is 346 g/mol. The molecule has 8 nitrogen and oxygen atoms in total. The van der Waals surface area contributed by atoms with Crippen LogP contribution in [0, 0.1) is 5.41 Å². The Morgan fingerprint density at radius 3 is 2.70 bits per heavy atom. The van der Waals surface area contributed by atoms with Crippen molar-refractivity contribution in [3.63, 3.8) is 0 Å². The first kappa shape index (κ1) is 19.0. The Bertz CT molecular complexity index is 719. The predicted molar refractivity (Wildman–Crippen MR) is 103 cm³/mol. The molecule has 2 aliphatic rings. The van der Waals surface area contributed by atoms with Gasteiger partial charge in [0.2, 0.25) is 5.91 Å². The molecule has 2 amide bonds. The molecule has 0 saturated carbocycles. The third kappa shape index (κ3) is 4.69. The van der Waals surface area contributed by atoms with Crippen LogP contribution in [-0.2, 0) is 4.79 Å². The number of benzene rings is 1. The number of phenolic OH excluding ortho intramolecular Hbond substituents is 1. The number of phenols is 1. The molecule has 0 aromatic heterocycles. The number of hydrogen-bond donors (Lipinski definition) is 4. The van der Waals surface area contributed by atoms with Crippen LogP contribution in [-0.4, -0.2) is 67.6 Å². The summed E-state index contributed by atoms with van der Waals surface area (Å²) < 4.78 is 0. The Labute approximate surface area is 159 Å². The van der Waals surface area contributed by atoms with E-state index in [9.17, 15) is 14.7 Å². The van der Waals surface area contributed by atoms with Crippen LogP contribution in [0.25, 0.3) is 0 Å². The number of guanidine groups is 1. The fourth-order valence-electron chi connectivity index (χ4n) is 3.83. The number of amides is 2. The molecular formula is C19H27N5O3. The lowest BCUT2D eigenvalue weighted by molar-refractivity contribution is -0.119. The Hall–Kier alpha value is -2.77. The van der Waals surface area contributed by atoms with Gasteiger partial charge in [0.15, 0.2) is 5.96 Å². The van der Waals surface area contributed by atoms with Gasteiger partial charge in [0.1, 0.15) is 5.75 Å². The second-order valence-corrected chi connectivity index (χ2v) is 7.26. The lowest BCUT2D eigenvalue weighted by Crippen LogP contribution is -2.52. The van der Waals surface area contributed by atoms with E-state index >= 15 is 0 Å². The van der Waals surface area contributed by atoms with Crippen LogP contribution >= 0.6 is 0 Å². The van der Waals surface area contributed by atoms with Crippen LogP contribution in [0.15, 0.2) is 29.3 Å². The molecule has 2 saturated heterocycles. The summed E-state index contributed by atoms with van der Waals surface area (Å²) in [4.78, 5) is 30.3. The van der Waals surface area contributed by atoms with Crippen molar-refractivity contribution in [2.45, 2.75) is 19.3 Å². The highest BCUT2D eigenvalue weighted by molar-refractivity contribution is 5.94. The number of hydrogen-bond acceptors (Lipinski definition) is 4.